The molecule has 0 saturated carbocycles. The lowest BCUT2D eigenvalue weighted by molar-refractivity contribution is 0.104. The van der Waals surface area contributed by atoms with Gasteiger partial charge in [0, 0.05) is 35.4 Å². The van der Waals surface area contributed by atoms with E-state index in [9.17, 15) is 4.79 Å². The van der Waals surface area contributed by atoms with Crippen LogP contribution < -0.4 is 5.32 Å². The van der Waals surface area contributed by atoms with Gasteiger partial charge in [-0.15, -0.1) is 0 Å². The Morgan fingerprint density at radius 1 is 1.11 bits per heavy atom. The van der Waals surface area contributed by atoms with Crippen LogP contribution in [0.25, 0.3) is 0 Å². The number of aromatic nitrogens is 1. The minimum absolute atomic E-state index is 0.00495. The van der Waals surface area contributed by atoms with Crippen molar-refractivity contribution in [3.05, 3.63) is 72.2 Å². The third kappa shape index (κ3) is 3.28. The normalized spacial score (nSPS) is 11.1. The highest BCUT2D eigenvalue weighted by Gasteiger charge is 2.01. The van der Waals surface area contributed by atoms with Gasteiger partial charge in [0.25, 0.3) is 0 Å². The summed E-state index contributed by atoms with van der Waals surface area (Å²) in [6.45, 7) is 1.86. The monoisotopic (exact) mass is 238 g/mol. The molecule has 0 bridgehead atoms. The number of pyridine rings is 1. The molecular formula is C15H14N2O. The van der Waals surface area contributed by atoms with Crippen molar-refractivity contribution in [1.29, 1.82) is 0 Å². The van der Waals surface area contributed by atoms with Crippen LogP contribution >= 0.6 is 0 Å². The Morgan fingerprint density at radius 2 is 1.78 bits per heavy atom. The SMILES string of the molecule is C/C(=C\C(=O)c1ccccc1)Nc1ccncc1. The molecule has 0 spiro atoms. The van der Waals surface area contributed by atoms with Crippen LogP contribution in [0, 0.1) is 0 Å². The van der Waals surface area contributed by atoms with E-state index < -0.39 is 0 Å². The zero-order valence-corrected chi connectivity index (χ0v) is 10.1. The molecule has 0 aliphatic rings. The first-order valence-electron chi connectivity index (χ1n) is 5.70. The van der Waals surface area contributed by atoms with E-state index in [4.69, 9.17) is 0 Å². The quantitative estimate of drug-likeness (QED) is 0.656. The summed E-state index contributed by atoms with van der Waals surface area (Å²) in [5, 5.41) is 3.14. The Kier molecular flexibility index (Phi) is 3.86. The molecule has 1 aromatic carbocycles. The van der Waals surface area contributed by atoms with Gasteiger partial charge in [0.1, 0.15) is 0 Å². The summed E-state index contributed by atoms with van der Waals surface area (Å²) in [4.78, 5) is 15.9. The van der Waals surface area contributed by atoms with Gasteiger partial charge in [-0.05, 0) is 19.1 Å². The van der Waals surface area contributed by atoms with Crippen molar-refractivity contribution in [3.63, 3.8) is 0 Å². The van der Waals surface area contributed by atoms with Gasteiger partial charge in [0.2, 0.25) is 0 Å². The molecule has 2 aromatic rings. The molecule has 0 aliphatic heterocycles. The van der Waals surface area contributed by atoms with E-state index in [0.717, 1.165) is 11.4 Å². The summed E-state index contributed by atoms with van der Waals surface area (Å²) in [6.07, 6.45) is 5.00. The van der Waals surface area contributed by atoms with Gasteiger partial charge in [-0.3, -0.25) is 9.78 Å². The van der Waals surface area contributed by atoms with E-state index in [0.29, 0.717) is 5.56 Å². The van der Waals surface area contributed by atoms with E-state index in [-0.39, 0.29) is 5.78 Å². The molecule has 0 radical (unpaired) electrons. The Balaban J connectivity index is 2.07. The van der Waals surface area contributed by atoms with Gasteiger partial charge < -0.3 is 5.32 Å². The number of benzene rings is 1. The fourth-order valence-electron chi connectivity index (χ4n) is 1.58. The number of nitrogens with one attached hydrogen (secondary N) is 1. The molecule has 0 aliphatic carbocycles. The van der Waals surface area contributed by atoms with E-state index in [1.807, 2.05) is 37.3 Å². The van der Waals surface area contributed by atoms with E-state index >= 15 is 0 Å². The highest BCUT2D eigenvalue weighted by atomic mass is 16.1. The van der Waals surface area contributed by atoms with Crippen LogP contribution in [0.2, 0.25) is 0 Å². The lowest BCUT2D eigenvalue weighted by Gasteiger charge is -2.05. The smallest absolute Gasteiger partial charge is 0.187 e. The average molecular weight is 238 g/mol. The Hall–Kier alpha value is -2.42. The fraction of sp³-hybridized carbons (Fsp3) is 0.0667. The summed E-state index contributed by atoms with van der Waals surface area (Å²) in [6, 6.07) is 12.9. The summed E-state index contributed by atoms with van der Waals surface area (Å²) < 4.78 is 0. The van der Waals surface area contributed by atoms with Crippen LogP contribution in [-0.4, -0.2) is 10.8 Å². The second kappa shape index (κ2) is 5.77. The van der Waals surface area contributed by atoms with Crippen molar-refractivity contribution < 1.29 is 4.79 Å². The highest BCUT2D eigenvalue weighted by molar-refractivity contribution is 6.05. The summed E-state index contributed by atoms with van der Waals surface area (Å²) >= 11 is 0. The third-order valence-corrected chi connectivity index (χ3v) is 2.43. The van der Waals surface area contributed by atoms with Crippen molar-refractivity contribution in [1.82, 2.24) is 4.98 Å². The van der Waals surface area contributed by atoms with Crippen molar-refractivity contribution in [3.8, 4) is 0 Å². The zero-order valence-electron chi connectivity index (χ0n) is 10.1. The number of ketones is 1. The molecule has 0 unspecified atom stereocenters. The summed E-state index contributed by atoms with van der Waals surface area (Å²) in [7, 11) is 0. The number of hydrogen-bond donors (Lipinski definition) is 1. The molecule has 2 rings (SSSR count). The molecule has 18 heavy (non-hydrogen) atoms. The van der Waals surface area contributed by atoms with Crippen LogP contribution in [0.4, 0.5) is 5.69 Å². The van der Waals surface area contributed by atoms with E-state index in [2.05, 4.69) is 10.3 Å². The van der Waals surface area contributed by atoms with Gasteiger partial charge in [0.05, 0.1) is 0 Å². The first kappa shape index (κ1) is 12.0. The van der Waals surface area contributed by atoms with Crippen molar-refractivity contribution in [2.75, 3.05) is 5.32 Å². The van der Waals surface area contributed by atoms with Gasteiger partial charge >= 0.3 is 0 Å². The number of hydrogen-bond acceptors (Lipinski definition) is 3. The van der Waals surface area contributed by atoms with Gasteiger partial charge in [-0.2, -0.15) is 0 Å². The molecular weight excluding hydrogens is 224 g/mol. The predicted octanol–water partition coefficient (Wildman–Crippen LogP) is 3.28. The minimum atomic E-state index is -0.00495. The van der Waals surface area contributed by atoms with Crippen molar-refractivity contribution in [2.45, 2.75) is 6.92 Å². The Morgan fingerprint density at radius 3 is 2.44 bits per heavy atom. The highest BCUT2D eigenvalue weighted by Crippen LogP contribution is 2.09. The fourth-order valence-corrected chi connectivity index (χ4v) is 1.58. The largest absolute Gasteiger partial charge is 0.359 e. The number of rotatable bonds is 4. The maximum absolute atomic E-state index is 11.9. The molecule has 0 amide bonds. The Labute approximate surface area is 106 Å². The van der Waals surface area contributed by atoms with Crippen LogP contribution in [-0.2, 0) is 0 Å². The molecule has 3 heteroatoms. The van der Waals surface area contributed by atoms with Gasteiger partial charge in [-0.1, -0.05) is 30.3 Å². The van der Waals surface area contributed by atoms with Crippen molar-refractivity contribution >= 4 is 11.5 Å². The third-order valence-electron chi connectivity index (χ3n) is 2.43. The zero-order chi connectivity index (χ0) is 12.8. The first-order chi connectivity index (χ1) is 8.75. The Bertz CT molecular complexity index is 547. The molecule has 0 atom stereocenters. The van der Waals surface area contributed by atoms with E-state index in [1.54, 1.807) is 30.6 Å². The maximum Gasteiger partial charge on any atom is 0.187 e. The number of nitrogens with zero attached hydrogens (tertiary/aromatic N) is 1. The molecule has 0 saturated heterocycles. The van der Waals surface area contributed by atoms with Crippen LogP contribution in [0.15, 0.2) is 66.6 Å². The first-order valence-corrected chi connectivity index (χ1v) is 5.70. The summed E-state index contributed by atoms with van der Waals surface area (Å²) in [5.74, 6) is -0.00495. The van der Waals surface area contributed by atoms with Crippen LogP contribution in [0.3, 0.4) is 0 Å². The van der Waals surface area contributed by atoms with Crippen LogP contribution in [0.1, 0.15) is 17.3 Å². The van der Waals surface area contributed by atoms with Crippen LogP contribution in [0.5, 0.6) is 0 Å². The van der Waals surface area contributed by atoms with Gasteiger partial charge in [-0.25, -0.2) is 0 Å². The second-order valence-corrected chi connectivity index (χ2v) is 3.92. The van der Waals surface area contributed by atoms with E-state index in [1.165, 1.54) is 0 Å². The number of carbonyl (C=O) groups is 1. The molecule has 3 nitrogen and oxygen atoms in total. The number of carbonyl (C=O) groups excluding carboxylic acids is 1. The lowest BCUT2D eigenvalue weighted by atomic mass is 10.1. The molecule has 0 fully saturated rings. The minimum Gasteiger partial charge on any atom is -0.359 e. The van der Waals surface area contributed by atoms with Gasteiger partial charge in [0.15, 0.2) is 5.78 Å². The maximum atomic E-state index is 11.9. The predicted molar refractivity (Wildman–Crippen MR) is 72.4 cm³/mol. The lowest BCUT2D eigenvalue weighted by Crippen LogP contribution is -2.01. The number of allylic oxidation sites excluding steroid dienone is 2. The number of anilines is 1. The average Bonchev–Trinajstić information content (AvgIpc) is 2.40. The summed E-state index contributed by atoms with van der Waals surface area (Å²) in [5.41, 5.74) is 2.41. The second-order valence-electron chi connectivity index (χ2n) is 3.92. The standard InChI is InChI=1S/C15H14N2O/c1-12(17-14-7-9-16-10-8-14)11-15(18)13-5-3-2-4-6-13/h2-11H,1H3,(H,16,17)/b12-11+. The topological polar surface area (TPSA) is 42.0 Å². The molecule has 90 valence electrons. The molecule has 1 heterocycles. The molecule has 1 N–H and O–H groups in total. The molecule has 1 aromatic heterocycles. The van der Waals surface area contributed by atoms with Crippen molar-refractivity contribution in [2.24, 2.45) is 0 Å².